The molecule has 2 aromatic rings. The van der Waals surface area contributed by atoms with E-state index in [1.807, 2.05) is 18.2 Å². The number of nitrogens with zero attached hydrogens (tertiary/aromatic N) is 2. The highest BCUT2D eigenvalue weighted by atomic mass is 16.2. The smallest absolute Gasteiger partial charge is 0.321 e. The maximum absolute atomic E-state index is 12.4. The summed E-state index contributed by atoms with van der Waals surface area (Å²) in [6, 6.07) is 12.3. The Labute approximate surface area is 138 Å². The van der Waals surface area contributed by atoms with E-state index in [2.05, 4.69) is 5.32 Å². The van der Waals surface area contributed by atoms with Gasteiger partial charge in [0, 0.05) is 19.3 Å². The van der Waals surface area contributed by atoms with Crippen molar-refractivity contribution in [3.63, 3.8) is 0 Å². The maximum Gasteiger partial charge on any atom is 0.321 e. The van der Waals surface area contributed by atoms with Crippen LogP contribution in [0.5, 0.6) is 0 Å². The minimum atomic E-state index is -0.280. The zero-order valence-corrected chi connectivity index (χ0v) is 13.1. The first kappa shape index (κ1) is 14.4. The van der Waals surface area contributed by atoms with E-state index in [0.29, 0.717) is 17.7 Å². The minimum absolute atomic E-state index is 0.166. The third-order valence-electron chi connectivity index (χ3n) is 4.39. The summed E-state index contributed by atoms with van der Waals surface area (Å²) in [5.41, 5.74) is 3.41. The summed E-state index contributed by atoms with van der Waals surface area (Å²) in [5.74, 6) is -0.561. The largest absolute Gasteiger partial charge is 0.323 e. The van der Waals surface area contributed by atoms with Crippen LogP contribution in [0.4, 0.5) is 10.5 Å². The number of urea groups is 1. The first-order valence-electron chi connectivity index (χ1n) is 7.64. The van der Waals surface area contributed by atoms with Gasteiger partial charge < -0.3 is 10.2 Å². The van der Waals surface area contributed by atoms with Crippen LogP contribution in [0.1, 0.15) is 31.8 Å². The van der Waals surface area contributed by atoms with E-state index in [4.69, 9.17) is 0 Å². The molecule has 4 rings (SSSR count). The number of anilines is 1. The molecule has 120 valence electrons. The molecule has 0 aromatic heterocycles. The van der Waals surface area contributed by atoms with Crippen molar-refractivity contribution >= 4 is 23.5 Å². The van der Waals surface area contributed by atoms with Crippen LogP contribution in [0, 0.1) is 0 Å². The summed E-state index contributed by atoms with van der Waals surface area (Å²) in [6.45, 7) is 0.722. The van der Waals surface area contributed by atoms with E-state index in [-0.39, 0.29) is 24.4 Å². The second-order valence-corrected chi connectivity index (χ2v) is 6.02. The topological polar surface area (TPSA) is 69.7 Å². The lowest BCUT2D eigenvalue weighted by molar-refractivity contribution is 0.0642. The normalized spacial score (nSPS) is 16.1. The number of carbonyl (C=O) groups excluding carboxylic acids is 3. The van der Waals surface area contributed by atoms with Gasteiger partial charge in [-0.15, -0.1) is 0 Å². The number of fused-ring (bicyclic) bond motifs is 2. The number of hydrogen-bond donors (Lipinski definition) is 1. The van der Waals surface area contributed by atoms with Crippen molar-refractivity contribution in [1.82, 2.24) is 9.80 Å². The van der Waals surface area contributed by atoms with Crippen molar-refractivity contribution in [3.8, 4) is 0 Å². The van der Waals surface area contributed by atoms with Gasteiger partial charge in [0.15, 0.2) is 0 Å². The Morgan fingerprint density at radius 3 is 2.33 bits per heavy atom. The SMILES string of the molecule is CN1Cc2ccc(CN3C(=O)c4ccccc4C3=O)cc2NC1=O. The Kier molecular flexibility index (Phi) is 3.13. The molecule has 0 spiro atoms. The predicted octanol–water partition coefficient (Wildman–Crippen LogP) is 2.46. The first-order chi connectivity index (χ1) is 11.5. The Morgan fingerprint density at radius 1 is 1.00 bits per heavy atom. The first-order valence-corrected chi connectivity index (χ1v) is 7.64. The van der Waals surface area contributed by atoms with Crippen LogP contribution in [0.15, 0.2) is 42.5 Å². The zero-order chi connectivity index (χ0) is 16.8. The molecule has 0 saturated carbocycles. The molecule has 0 fully saturated rings. The Bertz CT molecular complexity index is 856. The monoisotopic (exact) mass is 321 g/mol. The van der Waals surface area contributed by atoms with Crippen LogP contribution < -0.4 is 5.32 Å². The molecule has 2 aliphatic heterocycles. The van der Waals surface area contributed by atoms with E-state index in [0.717, 1.165) is 16.8 Å². The summed E-state index contributed by atoms with van der Waals surface area (Å²) < 4.78 is 0. The van der Waals surface area contributed by atoms with Gasteiger partial charge in [-0.25, -0.2) is 4.79 Å². The van der Waals surface area contributed by atoms with Gasteiger partial charge in [-0.2, -0.15) is 0 Å². The number of rotatable bonds is 2. The summed E-state index contributed by atoms with van der Waals surface area (Å²) in [6.07, 6.45) is 0. The van der Waals surface area contributed by atoms with Gasteiger partial charge in [0.2, 0.25) is 0 Å². The van der Waals surface area contributed by atoms with E-state index in [1.165, 1.54) is 4.90 Å². The van der Waals surface area contributed by atoms with Crippen LogP contribution in [0.25, 0.3) is 0 Å². The van der Waals surface area contributed by atoms with Crippen LogP contribution in [-0.2, 0) is 13.1 Å². The third kappa shape index (κ3) is 2.15. The fourth-order valence-electron chi connectivity index (χ4n) is 3.08. The molecule has 0 atom stereocenters. The molecule has 0 unspecified atom stereocenters. The minimum Gasteiger partial charge on any atom is -0.323 e. The second-order valence-electron chi connectivity index (χ2n) is 6.02. The molecule has 2 aromatic carbocycles. The highest BCUT2D eigenvalue weighted by Gasteiger charge is 2.35. The lowest BCUT2D eigenvalue weighted by atomic mass is 10.1. The third-order valence-corrected chi connectivity index (χ3v) is 4.39. The van der Waals surface area contributed by atoms with Crippen LogP contribution in [-0.4, -0.2) is 34.7 Å². The molecule has 1 N–H and O–H groups in total. The zero-order valence-electron chi connectivity index (χ0n) is 13.1. The lowest BCUT2D eigenvalue weighted by Gasteiger charge is -2.26. The van der Waals surface area contributed by atoms with E-state index in [9.17, 15) is 14.4 Å². The Hall–Kier alpha value is -3.15. The fourth-order valence-corrected chi connectivity index (χ4v) is 3.08. The van der Waals surface area contributed by atoms with Crippen LogP contribution in [0.2, 0.25) is 0 Å². The van der Waals surface area contributed by atoms with Gasteiger partial charge >= 0.3 is 6.03 Å². The molecule has 6 nitrogen and oxygen atoms in total. The standard InChI is InChI=1S/C18H15N3O3/c1-20-10-12-7-6-11(8-15(12)19-18(20)24)9-21-16(22)13-4-2-3-5-14(13)17(21)23/h2-8H,9-10H2,1H3,(H,19,24). The number of hydrogen-bond acceptors (Lipinski definition) is 3. The van der Waals surface area contributed by atoms with Gasteiger partial charge in [-0.1, -0.05) is 24.3 Å². The highest BCUT2D eigenvalue weighted by Crippen LogP contribution is 2.27. The van der Waals surface area contributed by atoms with Crippen molar-refractivity contribution in [2.45, 2.75) is 13.1 Å². The fraction of sp³-hybridized carbons (Fsp3) is 0.167. The van der Waals surface area contributed by atoms with Gasteiger partial charge in [0.25, 0.3) is 11.8 Å². The molecular weight excluding hydrogens is 306 g/mol. The Morgan fingerprint density at radius 2 is 1.67 bits per heavy atom. The molecule has 6 heteroatoms. The molecule has 4 amide bonds. The number of amides is 4. The average Bonchev–Trinajstić information content (AvgIpc) is 2.82. The highest BCUT2D eigenvalue weighted by molar-refractivity contribution is 6.21. The van der Waals surface area contributed by atoms with E-state index in [1.54, 1.807) is 36.2 Å². The molecule has 2 aliphatic rings. The molecule has 0 saturated heterocycles. The van der Waals surface area contributed by atoms with Crippen LogP contribution >= 0.6 is 0 Å². The molecular formula is C18H15N3O3. The van der Waals surface area contributed by atoms with Crippen molar-refractivity contribution in [1.29, 1.82) is 0 Å². The summed E-state index contributed by atoms with van der Waals surface area (Å²) in [7, 11) is 1.73. The molecule has 24 heavy (non-hydrogen) atoms. The van der Waals surface area contributed by atoms with Crippen molar-refractivity contribution in [2.75, 3.05) is 12.4 Å². The van der Waals surface area contributed by atoms with Crippen molar-refractivity contribution in [3.05, 3.63) is 64.7 Å². The number of benzene rings is 2. The molecule has 0 radical (unpaired) electrons. The number of carbonyl (C=O) groups is 3. The van der Waals surface area contributed by atoms with Gasteiger partial charge in [-0.05, 0) is 29.3 Å². The molecule has 0 bridgehead atoms. The number of nitrogens with one attached hydrogen (secondary N) is 1. The lowest BCUT2D eigenvalue weighted by Crippen LogP contribution is -2.35. The van der Waals surface area contributed by atoms with Gasteiger partial charge in [-0.3, -0.25) is 14.5 Å². The number of imide groups is 1. The van der Waals surface area contributed by atoms with Crippen molar-refractivity contribution < 1.29 is 14.4 Å². The van der Waals surface area contributed by atoms with Gasteiger partial charge in [0.05, 0.1) is 17.7 Å². The van der Waals surface area contributed by atoms with Crippen molar-refractivity contribution in [2.24, 2.45) is 0 Å². The van der Waals surface area contributed by atoms with Crippen LogP contribution in [0.3, 0.4) is 0 Å². The Balaban J connectivity index is 1.61. The molecule has 2 heterocycles. The molecule has 0 aliphatic carbocycles. The van der Waals surface area contributed by atoms with E-state index < -0.39 is 0 Å². The summed E-state index contributed by atoms with van der Waals surface area (Å²) >= 11 is 0. The second kappa shape index (κ2) is 5.19. The van der Waals surface area contributed by atoms with E-state index >= 15 is 0 Å². The quantitative estimate of drug-likeness (QED) is 0.864. The maximum atomic E-state index is 12.4. The average molecular weight is 321 g/mol. The van der Waals surface area contributed by atoms with Gasteiger partial charge in [0.1, 0.15) is 0 Å². The summed E-state index contributed by atoms with van der Waals surface area (Å²) in [4.78, 5) is 39.4. The summed E-state index contributed by atoms with van der Waals surface area (Å²) in [5, 5.41) is 2.81. The predicted molar refractivity (Wildman–Crippen MR) is 87.6 cm³/mol.